The van der Waals surface area contributed by atoms with Crippen LogP contribution >= 0.6 is 11.8 Å². The Kier molecular flexibility index (Phi) is 6.01. The first-order valence-corrected chi connectivity index (χ1v) is 8.34. The molecule has 0 atom stereocenters. The van der Waals surface area contributed by atoms with E-state index in [0.717, 1.165) is 37.4 Å². The van der Waals surface area contributed by atoms with Crippen LogP contribution in [-0.2, 0) is 0 Å². The highest BCUT2D eigenvalue weighted by Crippen LogP contribution is 2.20. The maximum absolute atomic E-state index is 11.8. The quantitative estimate of drug-likeness (QED) is 0.810. The molecule has 19 heavy (non-hydrogen) atoms. The van der Waals surface area contributed by atoms with Gasteiger partial charge in [0.2, 0.25) is 0 Å². The Hall–Kier alpha value is -0.710. The first kappa shape index (κ1) is 14.7. The van der Waals surface area contributed by atoms with Gasteiger partial charge in [-0.2, -0.15) is 0 Å². The van der Waals surface area contributed by atoms with Crippen molar-refractivity contribution in [2.45, 2.75) is 76.3 Å². The van der Waals surface area contributed by atoms with Crippen LogP contribution in [0.15, 0.2) is 0 Å². The van der Waals surface area contributed by atoms with E-state index in [1.807, 2.05) is 0 Å². The number of amides is 2. The van der Waals surface area contributed by atoms with Gasteiger partial charge in [-0.05, 0) is 25.7 Å². The van der Waals surface area contributed by atoms with E-state index in [9.17, 15) is 9.59 Å². The molecule has 2 saturated carbocycles. The monoisotopic (exact) mass is 284 g/mol. The van der Waals surface area contributed by atoms with Gasteiger partial charge in [-0.1, -0.05) is 38.5 Å². The number of carbonyl (C=O) groups excluding carboxylic acids is 2. The SMILES string of the molecule is O=C(NC1CCCCC1)SC(=O)NC1CCCCC1. The number of thioether (sulfide) groups is 1. The van der Waals surface area contributed by atoms with Crippen LogP contribution in [0.1, 0.15) is 64.2 Å². The summed E-state index contributed by atoms with van der Waals surface area (Å²) < 4.78 is 0. The first-order chi connectivity index (χ1) is 9.24. The summed E-state index contributed by atoms with van der Waals surface area (Å²) in [4.78, 5) is 23.5. The summed E-state index contributed by atoms with van der Waals surface area (Å²) in [6.07, 6.45) is 11.5. The predicted molar refractivity (Wildman–Crippen MR) is 78.4 cm³/mol. The molecule has 2 amide bonds. The van der Waals surface area contributed by atoms with Crippen LogP contribution in [0.3, 0.4) is 0 Å². The van der Waals surface area contributed by atoms with Gasteiger partial charge in [0.25, 0.3) is 10.5 Å². The van der Waals surface area contributed by atoms with Crippen molar-refractivity contribution in [1.82, 2.24) is 10.6 Å². The Bertz CT molecular complexity index is 281. The summed E-state index contributed by atoms with van der Waals surface area (Å²) in [5.74, 6) is 0. The second-order valence-corrected chi connectivity index (χ2v) is 6.58. The van der Waals surface area contributed by atoms with Gasteiger partial charge in [-0.15, -0.1) is 0 Å². The lowest BCUT2D eigenvalue weighted by Crippen LogP contribution is -2.38. The fourth-order valence-electron chi connectivity index (χ4n) is 2.97. The number of carbonyl (C=O) groups is 2. The molecule has 0 spiro atoms. The van der Waals surface area contributed by atoms with Crippen LogP contribution in [0.2, 0.25) is 0 Å². The number of nitrogens with one attached hydrogen (secondary N) is 2. The van der Waals surface area contributed by atoms with Gasteiger partial charge < -0.3 is 10.6 Å². The summed E-state index contributed by atoms with van der Waals surface area (Å²) in [5.41, 5.74) is 0. The number of hydrogen-bond donors (Lipinski definition) is 2. The predicted octanol–water partition coefficient (Wildman–Crippen LogP) is 3.80. The van der Waals surface area contributed by atoms with Crippen molar-refractivity contribution in [3.05, 3.63) is 0 Å². The lowest BCUT2D eigenvalue weighted by atomic mass is 9.96. The van der Waals surface area contributed by atoms with E-state index in [2.05, 4.69) is 10.6 Å². The van der Waals surface area contributed by atoms with Crippen molar-refractivity contribution in [3.63, 3.8) is 0 Å². The zero-order valence-electron chi connectivity index (χ0n) is 11.5. The molecule has 0 aromatic carbocycles. The van der Waals surface area contributed by atoms with Crippen molar-refractivity contribution in [2.75, 3.05) is 0 Å². The van der Waals surface area contributed by atoms with Crippen LogP contribution in [0.4, 0.5) is 9.59 Å². The summed E-state index contributed by atoms with van der Waals surface area (Å²) in [6, 6.07) is 0.549. The average molecular weight is 284 g/mol. The molecule has 0 radical (unpaired) electrons. The van der Waals surface area contributed by atoms with Gasteiger partial charge >= 0.3 is 0 Å². The van der Waals surface area contributed by atoms with Crippen LogP contribution < -0.4 is 10.6 Å². The third kappa shape index (κ3) is 5.43. The van der Waals surface area contributed by atoms with Crippen LogP contribution in [0.25, 0.3) is 0 Å². The molecule has 2 N–H and O–H groups in total. The summed E-state index contributed by atoms with van der Waals surface area (Å²) in [6.45, 7) is 0. The maximum atomic E-state index is 11.8. The zero-order chi connectivity index (χ0) is 13.5. The Balaban J connectivity index is 1.64. The number of hydrogen-bond acceptors (Lipinski definition) is 3. The minimum absolute atomic E-state index is 0.194. The molecular weight excluding hydrogens is 260 g/mol. The normalized spacial score (nSPS) is 21.9. The molecule has 0 unspecified atom stereocenters. The van der Waals surface area contributed by atoms with Crippen molar-refractivity contribution in [1.29, 1.82) is 0 Å². The van der Waals surface area contributed by atoms with E-state index >= 15 is 0 Å². The van der Waals surface area contributed by atoms with Gasteiger partial charge in [-0.3, -0.25) is 9.59 Å². The van der Waals surface area contributed by atoms with Crippen LogP contribution in [0.5, 0.6) is 0 Å². The van der Waals surface area contributed by atoms with Crippen LogP contribution in [0, 0.1) is 0 Å². The van der Waals surface area contributed by atoms with Gasteiger partial charge in [0.05, 0.1) is 0 Å². The zero-order valence-corrected chi connectivity index (χ0v) is 12.3. The van der Waals surface area contributed by atoms with Gasteiger partial charge in [0, 0.05) is 23.8 Å². The van der Waals surface area contributed by atoms with Crippen molar-refractivity contribution >= 4 is 22.2 Å². The topological polar surface area (TPSA) is 58.2 Å². The average Bonchev–Trinajstić information content (AvgIpc) is 2.40. The molecule has 5 heteroatoms. The summed E-state index contributed by atoms with van der Waals surface area (Å²) in [7, 11) is 0. The maximum Gasteiger partial charge on any atom is 0.288 e. The third-order valence-electron chi connectivity index (χ3n) is 4.04. The second-order valence-electron chi connectivity index (χ2n) is 5.64. The fourth-order valence-corrected chi connectivity index (χ4v) is 3.59. The van der Waals surface area contributed by atoms with E-state index in [1.165, 1.54) is 38.5 Å². The molecule has 0 heterocycles. The Labute approximate surface area is 119 Å². The highest BCUT2D eigenvalue weighted by atomic mass is 32.2. The van der Waals surface area contributed by atoms with E-state index < -0.39 is 0 Å². The van der Waals surface area contributed by atoms with Crippen LogP contribution in [-0.4, -0.2) is 22.6 Å². The molecule has 2 aliphatic carbocycles. The Morgan fingerprint density at radius 1 is 0.684 bits per heavy atom. The fraction of sp³-hybridized carbons (Fsp3) is 0.857. The summed E-state index contributed by atoms with van der Waals surface area (Å²) in [5, 5.41) is 5.51. The van der Waals surface area contributed by atoms with Crippen molar-refractivity contribution < 1.29 is 9.59 Å². The first-order valence-electron chi connectivity index (χ1n) is 7.53. The highest BCUT2D eigenvalue weighted by Gasteiger charge is 2.20. The van der Waals surface area contributed by atoms with Crippen molar-refractivity contribution in [2.24, 2.45) is 0 Å². The molecule has 0 aromatic heterocycles. The molecule has 0 saturated heterocycles. The van der Waals surface area contributed by atoms with E-state index in [0.29, 0.717) is 0 Å². The molecule has 2 fully saturated rings. The van der Waals surface area contributed by atoms with Gasteiger partial charge in [0.1, 0.15) is 0 Å². The molecule has 0 bridgehead atoms. The lowest BCUT2D eigenvalue weighted by Gasteiger charge is -2.23. The molecule has 2 rings (SSSR count). The third-order valence-corrected chi connectivity index (χ3v) is 4.65. The van der Waals surface area contributed by atoms with E-state index in [1.54, 1.807) is 0 Å². The molecule has 4 nitrogen and oxygen atoms in total. The smallest absolute Gasteiger partial charge is 0.288 e. The standard InChI is InChI=1S/C14H24N2O2S/c17-13(15-11-7-3-1-4-8-11)19-14(18)16-12-9-5-2-6-10-12/h11-12H,1-10H2,(H,15,17)(H,16,18). The second kappa shape index (κ2) is 7.78. The molecule has 0 aliphatic heterocycles. The van der Waals surface area contributed by atoms with Gasteiger partial charge in [-0.25, -0.2) is 0 Å². The summed E-state index contributed by atoms with van der Waals surface area (Å²) >= 11 is 0.787. The highest BCUT2D eigenvalue weighted by molar-refractivity contribution is 8.26. The molecule has 0 aromatic rings. The van der Waals surface area contributed by atoms with E-state index in [-0.39, 0.29) is 22.6 Å². The minimum Gasteiger partial charge on any atom is -0.344 e. The molecule has 2 aliphatic rings. The van der Waals surface area contributed by atoms with Crippen molar-refractivity contribution in [3.8, 4) is 0 Å². The Morgan fingerprint density at radius 3 is 1.42 bits per heavy atom. The Morgan fingerprint density at radius 2 is 1.05 bits per heavy atom. The van der Waals surface area contributed by atoms with Gasteiger partial charge in [0.15, 0.2) is 0 Å². The molecule has 108 valence electrons. The minimum atomic E-state index is -0.194. The lowest BCUT2D eigenvalue weighted by molar-refractivity contribution is 0.249. The van der Waals surface area contributed by atoms with E-state index in [4.69, 9.17) is 0 Å². The number of rotatable bonds is 2. The molecular formula is C14H24N2O2S. The largest absolute Gasteiger partial charge is 0.344 e.